The second-order valence-corrected chi connectivity index (χ2v) is 17.8. The van der Waals surface area contributed by atoms with Crippen molar-refractivity contribution in [2.24, 2.45) is 0 Å². The molecule has 3 unspecified atom stereocenters. The van der Waals surface area contributed by atoms with Crippen molar-refractivity contribution in [1.82, 2.24) is 25.3 Å². The average Bonchev–Trinajstić information content (AvgIpc) is 3.84. The predicted octanol–water partition coefficient (Wildman–Crippen LogP) is 4.64. The summed E-state index contributed by atoms with van der Waals surface area (Å²) in [7, 11) is 0. The Morgan fingerprint density at radius 1 is 0.647 bits per heavy atom. The largest absolute Gasteiger partial charge is 0.394 e. The zero-order valence-corrected chi connectivity index (χ0v) is 32.1. The van der Waals surface area contributed by atoms with Gasteiger partial charge in [0.1, 0.15) is 22.8 Å². The molecule has 2 aliphatic rings. The molecule has 2 aliphatic heterocycles. The number of aliphatic hydroxyl groups is 4. The molecule has 1 saturated heterocycles. The van der Waals surface area contributed by atoms with Gasteiger partial charge in [0.05, 0.1) is 13.0 Å². The topological polar surface area (TPSA) is 182 Å². The first-order valence-electron chi connectivity index (χ1n) is 17.8. The molecule has 4 aromatic rings. The maximum absolute atomic E-state index is 14.2. The van der Waals surface area contributed by atoms with Gasteiger partial charge in [-0.1, -0.05) is 0 Å². The second-order valence-electron chi connectivity index (χ2n) is 17.8. The Balaban J connectivity index is 1.47. The van der Waals surface area contributed by atoms with Crippen LogP contribution in [-0.4, -0.2) is 81.5 Å². The van der Waals surface area contributed by atoms with Crippen LogP contribution >= 0.6 is 0 Å². The summed E-state index contributed by atoms with van der Waals surface area (Å²) in [5.41, 5.74) is 0.894. The Hall–Kier alpha value is -3.61. The zero-order chi connectivity index (χ0) is 38.0. The number of nitrogens with one attached hydrogen (secondary N) is 5. The third-order valence-corrected chi connectivity index (χ3v) is 13.1. The Labute approximate surface area is 300 Å². The molecule has 9 N–H and O–H groups in total. The lowest BCUT2D eigenvalue weighted by Crippen LogP contribution is -2.85. The van der Waals surface area contributed by atoms with Crippen molar-refractivity contribution in [1.29, 1.82) is 0 Å². The molecular formula is C40H57N5O6. The van der Waals surface area contributed by atoms with Gasteiger partial charge in [0.2, 0.25) is 5.91 Å². The monoisotopic (exact) mass is 703 g/mol. The van der Waals surface area contributed by atoms with Gasteiger partial charge in [-0.3, -0.25) is 4.79 Å². The Bertz CT molecular complexity index is 1960. The molecule has 8 bridgehead atoms. The van der Waals surface area contributed by atoms with E-state index in [4.69, 9.17) is 4.74 Å². The molecule has 0 spiro atoms. The van der Waals surface area contributed by atoms with Gasteiger partial charge in [0, 0.05) is 67.2 Å². The number of carbonyl (C=O) groups excluding carboxylic acids is 1. The minimum atomic E-state index is -2.15. The van der Waals surface area contributed by atoms with Crippen molar-refractivity contribution in [2.45, 2.75) is 140 Å². The van der Waals surface area contributed by atoms with E-state index in [0.29, 0.717) is 0 Å². The number of H-pyrrole nitrogens is 4. The van der Waals surface area contributed by atoms with Crippen molar-refractivity contribution >= 4 is 5.91 Å². The van der Waals surface area contributed by atoms with Crippen LogP contribution in [0.25, 0.3) is 0 Å². The number of aromatic amines is 4. The molecule has 51 heavy (non-hydrogen) atoms. The van der Waals surface area contributed by atoms with Crippen molar-refractivity contribution in [3.8, 4) is 0 Å². The van der Waals surface area contributed by atoms with Crippen molar-refractivity contribution in [3.05, 3.63) is 93.6 Å². The highest BCUT2D eigenvalue weighted by Gasteiger charge is 2.70. The van der Waals surface area contributed by atoms with E-state index in [0.717, 1.165) is 51.1 Å². The first-order valence-corrected chi connectivity index (χ1v) is 17.8. The molecule has 6 rings (SSSR count). The molecule has 6 heterocycles. The van der Waals surface area contributed by atoms with Crippen LogP contribution in [0.2, 0.25) is 0 Å². The maximum Gasteiger partial charge on any atom is 0.225 e. The van der Waals surface area contributed by atoms with Crippen LogP contribution in [0.1, 0.15) is 134 Å². The summed E-state index contributed by atoms with van der Waals surface area (Å²) in [6.45, 7) is 22.1. The van der Waals surface area contributed by atoms with Crippen LogP contribution < -0.4 is 5.32 Å². The second kappa shape index (κ2) is 11.2. The minimum absolute atomic E-state index is 0.105. The number of amides is 1. The maximum atomic E-state index is 14.2. The normalized spacial score (nSPS) is 32.0. The molecule has 0 radical (unpaired) electrons. The average molecular weight is 704 g/mol. The molecule has 278 valence electrons. The highest BCUT2D eigenvalue weighted by Crippen LogP contribution is 2.48. The van der Waals surface area contributed by atoms with Gasteiger partial charge in [-0.05, 0) is 131 Å². The van der Waals surface area contributed by atoms with Crippen molar-refractivity contribution in [3.63, 3.8) is 0 Å². The summed E-state index contributed by atoms with van der Waals surface area (Å²) in [4.78, 5) is 29.1. The van der Waals surface area contributed by atoms with E-state index in [-0.39, 0.29) is 17.3 Å². The van der Waals surface area contributed by atoms with E-state index in [1.54, 1.807) is 0 Å². The van der Waals surface area contributed by atoms with Gasteiger partial charge in [-0.15, -0.1) is 0 Å². The lowest BCUT2D eigenvalue weighted by molar-refractivity contribution is -0.386. The molecule has 1 fully saturated rings. The van der Waals surface area contributed by atoms with Gasteiger partial charge in [0.15, 0.2) is 5.79 Å². The highest BCUT2D eigenvalue weighted by molar-refractivity contribution is 5.80. The first-order chi connectivity index (χ1) is 23.2. The quantitative estimate of drug-likeness (QED) is 0.149. The lowest BCUT2D eigenvalue weighted by Gasteiger charge is -2.62. The molecule has 11 heteroatoms. The Morgan fingerprint density at radius 3 is 1.45 bits per heavy atom. The van der Waals surface area contributed by atoms with Gasteiger partial charge in [-0.2, -0.15) is 0 Å². The van der Waals surface area contributed by atoms with Crippen molar-refractivity contribution in [2.75, 3.05) is 6.61 Å². The number of carbonyl (C=O) groups is 1. The molecular weight excluding hydrogens is 646 g/mol. The van der Waals surface area contributed by atoms with Gasteiger partial charge >= 0.3 is 0 Å². The summed E-state index contributed by atoms with van der Waals surface area (Å²) in [6, 6.07) is 14.9. The van der Waals surface area contributed by atoms with Crippen LogP contribution in [0.5, 0.6) is 0 Å². The number of aliphatic hydroxyl groups excluding tert-OH is 1. The number of hydrogen-bond acceptors (Lipinski definition) is 6. The summed E-state index contributed by atoms with van der Waals surface area (Å²) in [6.07, 6.45) is -1.40. The van der Waals surface area contributed by atoms with Crippen LogP contribution in [0.4, 0.5) is 0 Å². The van der Waals surface area contributed by atoms with E-state index in [1.165, 1.54) is 27.7 Å². The fourth-order valence-corrected chi connectivity index (χ4v) is 8.20. The minimum Gasteiger partial charge on any atom is -0.394 e. The standard InChI is InChI=1S/C40H57N5O6/c1-33(2)23-13-14-24(41-23)34(3,4)26-17-18-28(43-26)36(7,8)32-22(19-29(44-32)35(5,6)27-16-15-25(33)42-27)20-31(47)45-38(10)39(11,49)37(9,48)30(21-46)51-40(38,12)50/h13-19,30,41-44,46,48-50H,20-21H2,1-12H3,(H,45,47)/t30?,37-,38?,39?,40-/m1/s1. The first kappa shape index (κ1) is 37.2. The van der Waals surface area contributed by atoms with Crippen molar-refractivity contribution < 1.29 is 30.0 Å². The van der Waals surface area contributed by atoms with Crippen LogP contribution in [0.15, 0.2) is 42.5 Å². The number of ether oxygens (including phenoxy) is 1. The van der Waals surface area contributed by atoms with Crippen LogP contribution in [0.3, 0.4) is 0 Å². The van der Waals surface area contributed by atoms with Gasteiger partial charge in [0.25, 0.3) is 0 Å². The number of aromatic nitrogens is 4. The number of hydrogen-bond donors (Lipinski definition) is 9. The molecule has 0 aliphatic carbocycles. The SMILES string of the molecule is CC1(C)c2ccc([nH]2)C(C)(C)c2ccc([nH]2)C(C)(C)c2[nH]c(cc2CC(=O)NC2(C)C(C)(O)[C@](C)(O)C(CO)O[C@@]2(C)O)C(C)(C)c2ccc1[nH]2. The van der Waals surface area contributed by atoms with E-state index >= 15 is 0 Å². The number of rotatable bonds is 4. The van der Waals surface area contributed by atoms with Gasteiger partial charge < -0.3 is 50.4 Å². The molecule has 1 amide bonds. The van der Waals surface area contributed by atoms with E-state index in [9.17, 15) is 25.2 Å². The molecule has 4 aromatic heterocycles. The number of fused-ring (bicyclic) bond motifs is 8. The van der Waals surface area contributed by atoms with E-state index < -0.39 is 52.0 Å². The van der Waals surface area contributed by atoms with Gasteiger partial charge in [-0.25, -0.2) is 0 Å². The molecule has 0 saturated carbocycles. The van der Waals surface area contributed by atoms with Crippen LogP contribution in [0, 0.1) is 0 Å². The summed E-state index contributed by atoms with van der Waals surface area (Å²) < 4.78 is 5.72. The zero-order valence-electron chi connectivity index (χ0n) is 32.1. The molecule has 11 nitrogen and oxygen atoms in total. The van der Waals surface area contributed by atoms with Crippen LogP contribution in [-0.2, 0) is 37.6 Å². The third kappa shape index (κ3) is 5.22. The fourth-order valence-electron chi connectivity index (χ4n) is 8.20. The molecule has 5 atom stereocenters. The van der Waals surface area contributed by atoms with E-state index in [1.807, 2.05) is 6.07 Å². The highest BCUT2D eigenvalue weighted by atomic mass is 16.7. The van der Waals surface area contributed by atoms with E-state index in [2.05, 4.69) is 117 Å². The summed E-state index contributed by atoms with van der Waals surface area (Å²) in [5, 5.41) is 47.4. The fraction of sp³-hybridized carbons (Fsp3) is 0.575. The smallest absolute Gasteiger partial charge is 0.225 e. The lowest BCUT2D eigenvalue weighted by atomic mass is 9.63. The Morgan fingerprint density at radius 2 is 1.04 bits per heavy atom. The summed E-state index contributed by atoms with van der Waals surface area (Å²) >= 11 is 0. The molecule has 0 aromatic carbocycles. The Kier molecular flexibility index (Phi) is 8.16. The third-order valence-electron chi connectivity index (χ3n) is 13.1. The summed E-state index contributed by atoms with van der Waals surface area (Å²) in [5.74, 6) is -2.64. The predicted molar refractivity (Wildman–Crippen MR) is 196 cm³/mol.